The molecule has 0 saturated carbocycles. The minimum Gasteiger partial charge on any atom is -0.750 e. The minimum atomic E-state index is -3.37. The molecule has 5 heteroatoms. The molecule has 2 rings (SSSR count). The SMILES string of the molecule is O=[SH](=O)[O-].[Na+].c1cc2cc-2c1. The molecule has 0 fully saturated rings. The minimum absolute atomic E-state index is 0. The van der Waals surface area contributed by atoms with Gasteiger partial charge in [0.25, 0.3) is 0 Å². The molecular weight excluding hydrogens is 175 g/mol. The number of hydrogen-bond donors (Lipinski definition) is 1. The van der Waals surface area contributed by atoms with Gasteiger partial charge in [-0.2, -0.15) is 0 Å². The molecule has 0 heterocycles. The second-order valence-electron chi connectivity index (χ2n) is 1.80. The van der Waals surface area contributed by atoms with Crippen LogP contribution in [0.2, 0.25) is 0 Å². The molecule has 0 aromatic heterocycles. The van der Waals surface area contributed by atoms with Crippen molar-refractivity contribution in [3.8, 4) is 11.1 Å². The van der Waals surface area contributed by atoms with Gasteiger partial charge in [-0.1, -0.05) is 18.2 Å². The van der Waals surface area contributed by atoms with Crippen molar-refractivity contribution in [1.29, 1.82) is 0 Å². The van der Waals surface area contributed by atoms with E-state index in [2.05, 4.69) is 24.3 Å². The first kappa shape index (κ1) is 11.1. The zero-order valence-electron chi connectivity index (χ0n) is 5.98. The van der Waals surface area contributed by atoms with Crippen LogP contribution in [0.3, 0.4) is 0 Å². The topological polar surface area (TPSA) is 57.2 Å². The Morgan fingerprint density at radius 2 is 1.55 bits per heavy atom. The third kappa shape index (κ3) is 4.55. The van der Waals surface area contributed by atoms with Crippen LogP contribution in [0, 0.1) is 0 Å². The Morgan fingerprint density at radius 1 is 1.18 bits per heavy atom. The summed E-state index contributed by atoms with van der Waals surface area (Å²) in [4.78, 5) is 0. The van der Waals surface area contributed by atoms with Crippen molar-refractivity contribution in [2.75, 3.05) is 0 Å². The van der Waals surface area contributed by atoms with Crippen LogP contribution in [-0.4, -0.2) is 13.0 Å². The van der Waals surface area contributed by atoms with E-state index in [1.165, 1.54) is 11.1 Å². The normalized spacial score (nSPS) is 9.27. The number of benzene rings is 1. The first-order valence-corrected chi connectivity index (χ1v) is 3.71. The summed E-state index contributed by atoms with van der Waals surface area (Å²) in [5, 5.41) is 0. The van der Waals surface area contributed by atoms with E-state index in [9.17, 15) is 0 Å². The number of thiol groups is 1. The molecule has 2 aliphatic rings. The molecule has 0 aromatic rings. The van der Waals surface area contributed by atoms with Gasteiger partial charge in [-0.25, -0.2) is 8.42 Å². The maximum absolute atomic E-state index is 8.48. The van der Waals surface area contributed by atoms with Crippen molar-refractivity contribution in [3.63, 3.8) is 0 Å². The first-order chi connectivity index (χ1) is 4.70. The molecule has 0 aliphatic heterocycles. The van der Waals surface area contributed by atoms with Crippen LogP contribution in [0.4, 0.5) is 0 Å². The van der Waals surface area contributed by atoms with E-state index in [1.54, 1.807) is 0 Å². The van der Waals surface area contributed by atoms with Gasteiger partial charge >= 0.3 is 29.6 Å². The van der Waals surface area contributed by atoms with Crippen LogP contribution >= 0.6 is 0 Å². The predicted molar refractivity (Wildman–Crippen MR) is 36.5 cm³/mol. The van der Waals surface area contributed by atoms with Crippen LogP contribution in [-0.2, 0) is 11.0 Å². The fraction of sp³-hybridized carbons (Fsp3) is 0. The Bertz CT molecular complexity index is 283. The molecule has 0 aromatic carbocycles. The standard InChI is InChI=1S/C6H4.Na.H2O3S/c1-2-5-4-6(5)3-1;;1-4(2)3/h1-4H;;4H,(H,1,2,3)/q;+1;/p-1. The summed E-state index contributed by atoms with van der Waals surface area (Å²) in [5.41, 5.74) is 2.85. The molecule has 0 N–H and O–H groups in total. The average Bonchev–Trinajstić information content (AvgIpc) is 2.40. The molecule has 0 atom stereocenters. The monoisotopic (exact) mass is 180 g/mol. The van der Waals surface area contributed by atoms with E-state index in [1.807, 2.05) is 0 Å². The Kier molecular flexibility index (Phi) is 4.96. The summed E-state index contributed by atoms with van der Waals surface area (Å²) < 4.78 is 25.4. The maximum atomic E-state index is 8.48. The van der Waals surface area contributed by atoms with E-state index in [4.69, 9.17) is 13.0 Å². The Morgan fingerprint density at radius 3 is 1.64 bits per heavy atom. The van der Waals surface area contributed by atoms with Crippen molar-refractivity contribution in [2.45, 2.75) is 0 Å². The van der Waals surface area contributed by atoms with Crippen LogP contribution in [0.5, 0.6) is 0 Å². The molecule has 2 aliphatic carbocycles. The zero-order chi connectivity index (χ0) is 7.56. The molecule has 0 spiro atoms. The molecule has 0 amide bonds. The van der Waals surface area contributed by atoms with Gasteiger partial charge in [-0.05, 0) is 17.2 Å². The van der Waals surface area contributed by atoms with Gasteiger partial charge in [0.15, 0.2) is 0 Å². The fourth-order valence-electron chi connectivity index (χ4n) is 0.676. The molecular formula is C6H5NaO3S. The molecule has 0 bridgehead atoms. The third-order valence-electron chi connectivity index (χ3n) is 1.11. The second kappa shape index (κ2) is 4.90. The average molecular weight is 180 g/mol. The number of fused-ring (bicyclic) bond motifs is 1. The van der Waals surface area contributed by atoms with Gasteiger partial charge < -0.3 is 4.55 Å². The van der Waals surface area contributed by atoms with E-state index in [-0.39, 0.29) is 29.6 Å². The summed E-state index contributed by atoms with van der Waals surface area (Å²) in [6, 6.07) is 8.48. The number of hydrogen-bond acceptors (Lipinski definition) is 3. The molecule has 54 valence electrons. The van der Waals surface area contributed by atoms with Crippen molar-refractivity contribution >= 4 is 11.0 Å². The number of rotatable bonds is 0. The summed E-state index contributed by atoms with van der Waals surface area (Å²) >= 11 is 0. The van der Waals surface area contributed by atoms with Crippen molar-refractivity contribution in [2.24, 2.45) is 0 Å². The van der Waals surface area contributed by atoms with Crippen molar-refractivity contribution < 1.29 is 42.5 Å². The van der Waals surface area contributed by atoms with Crippen molar-refractivity contribution in [1.82, 2.24) is 0 Å². The van der Waals surface area contributed by atoms with Gasteiger partial charge in [-0.15, -0.1) is 0 Å². The van der Waals surface area contributed by atoms with Gasteiger partial charge in [0, 0.05) is 0 Å². The van der Waals surface area contributed by atoms with E-state index < -0.39 is 11.0 Å². The van der Waals surface area contributed by atoms with Gasteiger partial charge in [-0.3, -0.25) is 0 Å². The summed E-state index contributed by atoms with van der Waals surface area (Å²) in [7, 11) is -3.37. The quantitative estimate of drug-likeness (QED) is 0.275. The maximum Gasteiger partial charge on any atom is 1.00 e. The largest absolute Gasteiger partial charge is 1.00 e. The Hall–Kier alpha value is 0.130. The van der Waals surface area contributed by atoms with Crippen molar-refractivity contribution in [3.05, 3.63) is 24.3 Å². The second-order valence-corrected chi connectivity index (χ2v) is 2.25. The molecule has 11 heavy (non-hydrogen) atoms. The van der Waals surface area contributed by atoms with Crippen LogP contribution in [0.15, 0.2) is 24.3 Å². The smallest absolute Gasteiger partial charge is 0.750 e. The van der Waals surface area contributed by atoms with Gasteiger partial charge in [0.05, 0.1) is 11.0 Å². The molecule has 0 unspecified atom stereocenters. The van der Waals surface area contributed by atoms with Gasteiger partial charge in [0.2, 0.25) is 0 Å². The molecule has 3 nitrogen and oxygen atoms in total. The third-order valence-corrected chi connectivity index (χ3v) is 1.11. The van der Waals surface area contributed by atoms with Crippen LogP contribution in [0.25, 0.3) is 11.1 Å². The summed E-state index contributed by atoms with van der Waals surface area (Å²) in [6.45, 7) is 0. The molecule has 0 radical (unpaired) electrons. The van der Waals surface area contributed by atoms with E-state index in [0.717, 1.165) is 0 Å². The van der Waals surface area contributed by atoms with E-state index in [0.29, 0.717) is 0 Å². The van der Waals surface area contributed by atoms with Crippen LogP contribution < -0.4 is 29.6 Å². The fourth-order valence-corrected chi connectivity index (χ4v) is 0.676. The summed E-state index contributed by atoms with van der Waals surface area (Å²) in [6.07, 6.45) is 0. The predicted octanol–water partition coefficient (Wildman–Crippen LogP) is -2.60. The Labute approximate surface area is 88.5 Å². The van der Waals surface area contributed by atoms with Crippen LogP contribution in [0.1, 0.15) is 0 Å². The summed E-state index contributed by atoms with van der Waals surface area (Å²) in [5.74, 6) is 0. The van der Waals surface area contributed by atoms with E-state index >= 15 is 0 Å². The molecule has 0 saturated heterocycles. The first-order valence-electron chi connectivity index (χ1n) is 2.62. The zero-order valence-corrected chi connectivity index (χ0v) is 8.88. The van der Waals surface area contributed by atoms with Gasteiger partial charge in [0.1, 0.15) is 0 Å². The Balaban J connectivity index is 0.000000183.